The molecule has 0 aliphatic heterocycles. The number of ether oxygens (including phenoxy) is 2. The first kappa shape index (κ1) is 26.7. The van der Waals surface area contributed by atoms with Crippen LogP contribution in [0.15, 0.2) is 24.3 Å². The standard InChI is InChI=1S/C24H31BF4O4/c1-3-5-7-9-15-30-23-17(26)11-13-19(21(23)28)32-25-33-20-14-12-18(27)24(22(20)29)31-16-10-8-6-4-2/h11-14,25H,3-10,15-16H2,1-2H3. The largest absolute Gasteiger partial charge is 0.576 e. The van der Waals surface area contributed by atoms with Crippen molar-refractivity contribution >= 4 is 7.69 Å². The predicted molar refractivity (Wildman–Crippen MR) is 120 cm³/mol. The van der Waals surface area contributed by atoms with Gasteiger partial charge in [-0.2, -0.15) is 8.78 Å². The predicted octanol–water partition coefficient (Wildman–Crippen LogP) is 6.89. The van der Waals surface area contributed by atoms with E-state index in [9.17, 15) is 17.6 Å². The molecule has 182 valence electrons. The summed E-state index contributed by atoms with van der Waals surface area (Å²) >= 11 is 0. The second kappa shape index (κ2) is 14.5. The number of benzene rings is 2. The van der Waals surface area contributed by atoms with Gasteiger partial charge in [0.25, 0.3) is 0 Å². The third-order valence-corrected chi connectivity index (χ3v) is 4.94. The van der Waals surface area contributed by atoms with Crippen LogP contribution in [-0.2, 0) is 0 Å². The molecule has 33 heavy (non-hydrogen) atoms. The average Bonchev–Trinajstić information content (AvgIpc) is 2.80. The van der Waals surface area contributed by atoms with Crippen molar-refractivity contribution < 1.29 is 36.3 Å². The van der Waals surface area contributed by atoms with Gasteiger partial charge >= 0.3 is 7.69 Å². The van der Waals surface area contributed by atoms with Gasteiger partial charge in [0, 0.05) is 0 Å². The molecule has 0 N–H and O–H groups in total. The molecule has 2 rings (SSSR count). The molecule has 0 bridgehead atoms. The molecule has 0 saturated carbocycles. The average molecular weight is 470 g/mol. The van der Waals surface area contributed by atoms with E-state index in [1.165, 1.54) is 0 Å². The Morgan fingerprint density at radius 2 is 1.03 bits per heavy atom. The normalized spacial score (nSPS) is 10.7. The van der Waals surface area contributed by atoms with Crippen LogP contribution in [0.3, 0.4) is 0 Å². The Hall–Kier alpha value is -2.58. The molecule has 0 unspecified atom stereocenters. The summed E-state index contributed by atoms with van der Waals surface area (Å²) in [6, 6.07) is 4.21. The summed E-state index contributed by atoms with van der Waals surface area (Å²) in [5, 5.41) is 0. The lowest BCUT2D eigenvalue weighted by atomic mass is 10.2. The van der Waals surface area contributed by atoms with Crippen molar-refractivity contribution in [2.45, 2.75) is 65.2 Å². The maximum absolute atomic E-state index is 14.6. The van der Waals surface area contributed by atoms with Crippen molar-refractivity contribution in [1.29, 1.82) is 0 Å². The van der Waals surface area contributed by atoms with Crippen molar-refractivity contribution in [3.8, 4) is 23.0 Å². The zero-order valence-electron chi connectivity index (χ0n) is 19.2. The third kappa shape index (κ3) is 8.37. The van der Waals surface area contributed by atoms with Crippen LogP contribution in [0, 0.1) is 23.3 Å². The minimum absolute atomic E-state index is 0.176. The van der Waals surface area contributed by atoms with E-state index >= 15 is 0 Å². The highest BCUT2D eigenvalue weighted by Crippen LogP contribution is 2.31. The molecule has 0 aliphatic rings. The van der Waals surface area contributed by atoms with E-state index in [0.717, 1.165) is 62.8 Å². The van der Waals surface area contributed by atoms with Crippen LogP contribution < -0.4 is 18.8 Å². The zero-order valence-corrected chi connectivity index (χ0v) is 19.2. The lowest BCUT2D eigenvalue weighted by molar-refractivity contribution is 0.270. The summed E-state index contributed by atoms with van der Waals surface area (Å²) in [4.78, 5) is 0. The Bertz CT molecular complexity index is 797. The number of halogens is 4. The van der Waals surface area contributed by atoms with Gasteiger partial charge in [-0.05, 0) is 37.1 Å². The first-order valence-corrected chi connectivity index (χ1v) is 11.5. The summed E-state index contributed by atoms with van der Waals surface area (Å²) in [5.74, 6) is -5.39. The van der Waals surface area contributed by atoms with Crippen molar-refractivity contribution in [3.05, 3.63) is 47.5 Å². The summed E-state index contributed by atoms with van der Waals surface area (Å²) < 4.78 is 77.9. The Morgan fingerprint density at radius 1 is 0.606 bits per heavy atom. The van der Waals surface area contributed by atoms with E-state index in [1.54, 1.807) is 0 Å². The van der Waals surface area contributed by atoms with Crippen molar-refractivity contribution in [1.82, 2.24) is 0 Å². The molecule has 0 saturated heterocycles. The van der Waals surface area contributed by atoms with Crippen molar-refractivity contribution in [2.75, 3.05) is 13.2 Å². The van der Waals surface area contributed by atoms with Crippen LogP contribution in [0.4, 0.5) is 17.6 Å². The summed E-state index contributed by atoms with van der Waals surface area (Å²) in [7, 11) is -0.586. The van der Waals surface area contributed by atoms with E-state index in [4.69, 9.17) is 18.8 Å². The van der Waals surface area contributed by atoms with Gasteiger partial charge in [-0.1, -0.05) is 52.4 Å². The highest BCUT2D eigenvalue weighted by molar-refractivity contribution is 6.20. The Kier molecular flexibility index (Phi) is 11.8. The molecule has 0 heterocycles. The van der Waals surface area contributed by atoms with Crippen LogP contribution in [0.25, 0.3) is 0 Å². The fourth-order valence-corrected chi connectivity index (χ4v) is 3.08. The highest BCUT2D eigenvalue weighted by Gasteiger charge is 2.19. The quantitative estimate of drug-likeness (QED) is 0.152. The molecule has 2 aromatic rings. The molecule has 0 amide bonds. The first-order chi connectivity index (χ1) is 16.0. The Labute approximate surface area is 193 Å². The minimum Gasteiger partial charge on any atom is -0.526 e. The highest BCUT2D eigenvalue weighted by atomic mass is 19.1. The van der Waals surface area contributed by atoms with E-state index < -0.39 is 42.5 Å². The topological polar surface area (TPSA) is 36.9 Å². The van der Waals surface area contributed by atoms with Gasteiger partial charge in [-0.25, -0.2) is 8.78 Å². The smallest absolute Gasteiger partial charge is 0.526 e. The summed E-state index contributed by atoms with van der Waals surface area (Å²) in [5.41, 5.74) is 0. The second-order valence-corrected chi connectivity index (χ2v) is 7.60. The number of rotatable bonds is 16. The SMILES string of the molecule is CCCCCCOc1c(F)ccc(OBOc2ccc(F)c(OCCCCCC)c2F)c1F. The van der Waals surface area contributed by atoms with Gasteiger partial charge in [0.1, 0.15) is 11.5 Å². The molecular formula is C24H31BF4O4. The van der Waals surface area contributed by atoms with Crippen LogP contribution in [-0.4, -0.2) is 20.9 Å². The summed E-state index contributed by atoms with van der Waals surface area (Å²) in [6.45, 7) is 4.47. The number of hydrogen-bond donors (Lipinski definition) is 0. The molecule has 0 atom stereocenters. The van der Waals surface area contributed by atoms with E-state index in [1.807, 2.05) is 0 Å². The van der Waals surface area contributed by atoms with Crippen molar-refractivity contribution in [3.63, 3.8) is 0 Å². The van der Waals surface area contributed by atoms with Crippen LogP contribution in [0.5, 0.6) is 23.0 Å². The second-order valence-electron chi connectivity index (χ2n) is 7.60. The van der Waals surface area contributed by atoms with Crippen LogP contribution in [0.1, 0.15) is 65.2 Å². The van der Waals surface area contributed by atoms with E-state index in [2.05, 4.69) is 13.8 Å². The zero-order chi connectivity index (χ0) is 24.1. The molecule has 0 fully saturated rings. The first-order valence-electron chi connectivity index (χ1n) is 11.5. The third-order valence-electron chi connectivity index (χ3n) is 4.94. The van der Waals surface area contributed by atoms with Gasteiger partial charge in [0.15, 0.2) is 23.1 Å². The molecule has 0 radical (unpaired) electrons. The lowest BCUT2D eigenvalue weighted by Crippen LogP contribution is -2.14. The summed E-state index contributed by atoms with van der Waals surface area (Å²) in [6.07, 6.45) is 7.25. The molecule has 9 heteroatoms. The molecular weight excluding hydrogens is 439 g/mol. The lowest BCUT2D eigenvalue weighted by Gasteiger charge is -2.14. The van der Waals surface area contributed by atoms with E-state index in [0.29, 0.717) is 12.8 Å². The molecule has 2 aromatic carbocycles. The maximum atomic E-state index is 14.6. The van der Waals surface area contributed by atoms with Gasteiger partial charge in [-0.3, -0.25) is 0 Å². The Balaban J connectivity index is 1.94. The van der Waals surface area contributed by atoms with Gasteiger partial charge in [0.05, 0.1) is 13.2 Å². The fraction of sp³-hybridized carbons (Fsp3) is 0.500. The van der Waals surface area contributed by atoms with Crippen molar-refractivity contribution in [2.24, 2.45) is 0 Å². The monoisotopic (exact) mass is 470 g/mol. The molecule has 0 aliphatic carbocycles. The van der Waals surface area contributed by atoms with Gasteiger partial charge in [-0.15, -0.1) is 0 Å². The fourth-order valence-electron chi connectivity index (χ4n) is 3.08. The van der Waals surface area contributed by atoms with Crippen LogP contribution >= 0.6 is 0 Å². The van der Waals surface area contributed by atoms with Gasteiger partial charge < -0.3 is 18.8 Å². The maximum Gasteiger partial charge on any atom is 0.576 e. The Morgan fingerprint density at radius 3 is 1.42 bits per heavy atom. The van der Waals surface area contributed by atoms with E-state index in [-0.39, 0.29) is 24.7 Å². The number of hydrogen-bond acceptors (Lipinski definition) is 4. The molecule has 0 spiro atoms. The molecule has 4 nitrogen and oxygen atoms in total. The van der Waals surface area contributed by atoms with Gasteiger partial charge in [0.2, 0.25) is 11.6 Å². The molecule has 0 aromatic heterocycles. The number of unbranched alkanes of at least 4 members (excludes halogenated alkanes) is 6. The minimum atomic E-state index is -1.01. The van der Waals surface area contributed by atoms with Crippen LogP contribution in [0.2, 0.25) is 0 Å².